The number of rotatable bonds is 5. The molecule has 0 bridgehead atoms. The lowest BCUT2D eigenvalue weighted by atomic mass is 10.1. The van der Waals surface area contributed by atoms with Gasteiger partial charge in [-0.2, -0.15) is 4.98 Å². The van der Waals surface area contributed by atoms with Gasteiger partial charge in [0.2, 0.25) is 11.7 Å². The van der Waals surface area contributed by atoms with Crippen molar-refractivity contribution in [2.75, 3.05) is 31.1 Å². The minimum atomic E-state index is 0.662. The summed E-state index contributed by atoms with van der Waals surface area (Å²) >= 11 is 0. The summed E-state index contributed by atoms with van der Waals surface area (Å²) in [4.78, 5) is 13.6. The third-order valence-electron chi connectivity index (χ3n) is 4.79. The van der Waals surface area contributed by atoms with Crippen LogP contribution in [0.1, 0.15) is 18.4 Å². The van der Waals surface area contributed by atoms with Crippen molar-refractivity contribution in [3.63, 3.8) is 0 Å². The molecule has 3 aromatic rings. The Balaban J connectivity index is 1.35. The molecule has 6 heteroatoms. The molecule has 1 aromatic carbocycles. The highest BCUT2D eigenvalue weighted by Gasteiger charge is 2.20. The van der Waals surface area contributed by atoms with E-state index >= 15 is 0 Å². The fourth-order valence-electron chi connectivity index (χ4n) is 3.19. The van der Waals surface area contributed by atoms with Crippen molar-refractivity contribution in [3.05, 3.63) is 60.1 Å². The predicted octanol–water partition coefficient (Wildman–Crippen LogP) is 3.02. The number of hydrogen-bond donors (Lipinski definition) is 0. The quantitative estimate of drug-likeness (QED) is 0.706. The molecule has 134 valence electrons. The largest absolute Gasteiger partial charge is 0.354 e. The van der Waals surface area contributed by atoms with Gasteiger partial charge in [0, 0.05) is 37.9 Å². The van der Waals surface area contributed by atoms with E-state index in [1.807, 2.05) is 18.3 Å². The number of benzene rings is 1. The molecule has 6 nitrogen and oxygen atoms in total. The summed E-state index contributed by atoms with van der Waals surface area (Å²) in [6.07, 6.45) is 2.87. The average molecular weight is 349 g/mol. The van der Waals surface area contributed by atoms with Crippen LogP contribution in [-0.2, 0) is 13.0 Å². The molecule has 1 saturated heterocycles. The van der Waals surface area contributed by atoms with Gasteiger partial charge in [0.15, 0.2) is 0 Å². The van der Waals surface area contributed by atoms with Gasteiger partial charge >= 0.3 is 0 Å². The molecule has 0 saturated carbocycles. The van der Waals surface area contributed by atoms with Crippen LogP contribution in [0.3, 0.4) is 0 Å². The molecular formula is C20H23N5O. The van der Waals surface area contributed by atoms with Crippen molar-refractivity contribution in [1.82, 2.24) is 20.0 Å². The van der Waals surface area contributed by atoms with Crippen LogP contribution in [-0.4, -0.2) is 46.2 Å². The van der Waals surface area contributed by atoms with Gasteiger partial charge in [0.05, 0.1) is 6.54 Å². The second kappa shape index (κ2) is 7.66. The Labute approximate surface area is 153 Å². The fraction of sp³-hybridized carbons (Fsp3) is 0.350. The molecule has 2 aromatic heterocycles. The Morgan fingerprint density at radius 2 is 1.81 bits per heavy atom. The Morgan fingerprint density at radius 1 is 1.00 bits per heavy atom. The van der Waals surface area contributed by atoms with Gasteiger partial charge in [-0.05, 0) is 24.1 Å². The van der Waals surface area contributed by atoms with E-state index in [4.69, 9.17) is 4.52 Å². The first kappa shape index (κ1) is 16.7. The number of aromatic nitrogens is 3. The standard InChI is InChI=1S/C20H23N5O/c1-2-16-6-8-17(9-7-16)20-22-19(26-23-20)15-24-11-13-25(14-12-24)18-5-3-4-10-21-18/h3-10H,2,11-15H2,1H3. The highest BCUT2D eigenvalue weighted by Crippen LogP contribution is 2.18. The van der Waals surface area contributed by atoms with E-state index in [-0.39, 0.29) is 0 Å². The number of nitrogens with zero attached hydrogens (tertiary/aromatic N) is 5. The maximum absolute atomic E-state index is 5.46. The molecule has 0 unspecified atom stereocenters. The zero-order valence-corrected chi connectivity index (χ0v) is 15.0. The van der Waals surface area contributed by atoms with Crippen LogP contribution >= 0.6 is 0 Å². The second-order valence-corrected chi connectivity index (χ2v) is 6.51. The minimum absolute atomic E-state index is 0.662. The fourth-order valence-corrected chi connectivity index (χ4v) is 3.19. The van der Waals surface area contributed by atoms with Gasteiger partial charge in [0.1, 0.15) is 5.82 Å². The molecule has 0 spiro atoms. The van der Waals surface area contributed by atoms with Gasteiger partial charge in [-0.1, -0.05) is 42.4 Å². The summed E-state index contributed by atoms with van der Waals surface area (Å²) in [5.74, 6) is 2.38. The molecule has 1 aliphatic heterocycles. The van der Waals surface area contributed by atoms with Gasteiger partial charge in [0.25, 0.3) is 0 Å². The topological polar surface area (TPSA) is 58.3 Å². The van der Waals surface area contributed by atoms with Crippen LogP contribution in [0.2, 0.25) is 0 Å². The SMILES string of the molecule is CCc1ccc(-c2noc(CN3CCN(c4ccccn4)CC3)n2)cc1. The first-order valence-electron chi connectivity index (χ1n) is 9.12. The number of hydrogen-bond acceptors (Lipinski definition) is 6. The first-order valence-corrected chi connectivity index (χ1v) is 9.12. The highest BCUT2D eigenvalue weighted by atomic mass is 16.5. The summed E-state index contributed by atoms with van der Waals surface area (Å²) in [7, 11) is 0. The van der Waals surface area contributed by atoms with E-state index in [0.29, 0.717) is 18.3 Å². The maximum Gasteiger partial charge on any atom is 0.241 e. The third kappa shape index (κ3) is 3.75. The Morgan fingerprint density at radius 3 is 2.50 bits per heavy atom. The highest BCUT2D eigenvalue weighted by molar-refractivity contribution is 5.54. The summed E-state index contributed by atoms with van der Waals surface area (Å²) in [6, 6.07) is 14.4. The normalized spacial score (nSPS) is 15.3. The lowest BCUT2D eigenvalue weighted by molar-refractivity contribution is 0.215. The lowest BCUT2D eigenvalue weighted by Crippen LogP contribution is -2.46. The Hall–Kier alpha value is -2.73. The summed E-state index contributed by atoms with van der Waals surface area (Å²) in [6.45, 7) is 6.66. The molecule has 0 atom stereocenters. The van der Waals surface area contributed by atoms with Gasteiger partial charge in [-0.15, -0.1) is 0 Å². The molecular weight excluding hydrogens is 326 g/mol. The molecule has 26 heavy (non-hydrogen) atoms. The molecule has 4 rings (SSSR count). The third-order valence-corrected chi connectivity index (χ3v) is 4.79. The zero-order valence-electron chi connectivity index (χ0n) is 15.0. The van der Waals surface area contributed by atoms with Crippen molar-refractivity contribution >= 4 is 5.82 Å². The predicted molar refractivity (Wildman–Crippen MR) is 101 cm³/mol. The van der Waals surface area contributed by atoms with Crippen LogP contribution in [0.5, 0.6) is 0 Å². The summed E-state index contributed by atoms with van der Waals surface area (Å²) in [5, 5.41) is 4.14. The monoisotopic (exact) mass is 349 g/mol. The zero-order chi connectivity index (χ0) is 17.8. The Bertz CT molecular complexity index is 823. The molecule has 1 aliphatic rings. The smallest absolute Gasteiger partial charge is 0.241 e. The van der Waals surface area contributed by atoms with Crippen molar-refractivity contribution < 1.29 is 4.52 Å². The van der Waals surface area contributed by atoms with E-state index < -0.39 is 0 Å². The Kier molecular flexibility index (Phi) is 4.93. The molecule has 3 heterocycles. The van der Waals surface area contributed by atoms with Gasteiger partial charge in [-0.25, -0.2) is 4.98 Å². The maximum atomic E-state index is 5.46. The summed E-state index contributed by atoms with van der Waals surface area (Å²) < 4.78 is 5.46. The lowest BCUT2D eigenvalue weighted by Gasteiger charge is -2.34. The number of anilines is 1. The number of pyridine rings is 1. The van der Waals surface area contributed by atoms with Crippen LogP contribution in [0.15, 0.2) is 53.2 Å². The molecule has 0 amide bonds. The van der Waals surface area contributed by atoms with Crippen LogP contribution in [0.25, 0.3) is 11.4 Å². The van der Waals surface area contributed by atoms with Crippen LogP contribution < -0.4 is 4.90 Å². The van der Waals surface area contributed by atoms with Crippen molar-refractivity contribution in [2.24, 2.45) is 0 Å². The minimum Gasteiger partial charge on any atom is -0.354 e. The summed E-state index contributed by atoms with van der Waals surface area (Å²) in [5.41, 5.74) is 2.31. The average Bonchev–Trinajstić information content (AvgIpc) is 3.18. The van der Waals surface area contributed by atoms with Gasteiger partial charge < -0.3 is 9.42 Å². The van der Waals surface area contributed by atoms with E-state index in [1.54, 1.807) is 0 Å². The number of aryl methyl sites for hydroxylation is 1. The van der Waals surface area contributed by atoms with Crippen LogP contribution in [0, 0.1) is 0 Å². The van der Waals surface area contributed by atoms with E-state index in [1.165, 1.54) is 5.56 Å². The number of piperazine rings is 1. The van der Waals surface area contributed by atoms with Crippen molar-refractivity contribution in [2.45, 2.75) is 19.9 Å². The molecule has 0 aliphatic carbocycles. The molecule has 1 fully saturated rings. The second-order valence-electron chi connectivity index (χ2n) is 6.51. The van der Waals surface area contributed by atoms with E-state index in [9.17, 15) is 0 Å². The van der Waals surface area contributed by atoms with Gasteiger partial charge in [-0.3, -0.25) is 4.90 Å². The molecule has 0 radical (unpaired) electrons. The van der Waals surface area contributed by atoms with Crippen molar-refractivity contribution in [3.8, 4) is 11.4 Å². The van der Waals surface area contributed by atoms with Crippen molar-refractivity contribution in [1.29, 1.82) is 0 Å². The van der Waals surface area contributed by atoms with E-state index in [0.717, 1.165) is 44.0 Å². The first-order chi connectivity index (χ1) is 12.8. The van der Waals surface area contributed by atoms with Crippen LogP contribution in [0.4, 0.5) is 5.82 Å². The van der Waals surface area contributed by atoms with E-state index in [2.05, 4.69) is 62.2 Å². The molecule has 0 N–H and O–H groups in total.